The highest BCUT2D eigenvalue weighted by Crippen LogP contribution is 2.43. The number of hydrogen-bond donors (Lipinski definition) is 1. The van der Waals surface area contributed by atoms with Gasteiger partial charge in [-0.25, -0.2) is 4.98 Å². The molecule has 4 aromatic rings. The molecule has 32 heavy (non-hydrogen) atoms. The van der Waals surface area contributed by atoms with Crippen molar-refractivity contribution in [2.75, 3.05) is 27.7 Å². The number of nitrogens with zero attached hydrogens (tertiary/aromatic N) is 2. The van der Waals surface area contributed by atoms with Gasteiger partial charge in [0.15, 0.2) is 0 Å². The van der Waals surface area contributed by atoms with Crippen LogP contribution in [0.2, 0.25) is 0 Å². The molecule has 3 aromatic carbocycles. The van der Waals surface area contributed by atoms with Crippen molar-refractivity contribution in [3.63, 3.8) is 0 Å². The number of halogens is 1. The molecule has 0 aliphatic rings. The summed E-state index contributed by atoms with van der Waals surface area (Å²) in [4.78, 5) is 6.92. The molecule has 0 radical (unpaired) electrons. The molecule has 1 atom stereocenters. The molecular formula is C27H29BrN2O2. The molecule has 1 heterocycles. The quantitative estimate of drug-likeness (QED) is 0.300. The van der Waals surface area contributed by atoms with E-state index in [-0.39, 0.29) is 0 Å². The lowest BCUT2D eigenvalue weighted by molar-refractivity contribution is 0.0658. The lowest BCUT2D eigenvalue weighted by atomic mass is 9.80. The zero-order valence-corrected chi connectivity index (χ0v) is 20.4. The summed E-state index contributed by atoms with van der Waals surface area (Å²) in [5.74, 6) is 0.461. The van der Waals surface area contributed by atoms with E-state index in [9.17, 15) is 5.11 Å². The number of pyridine rings is 1. The van der Waals surface area contributed by atoms with E-state index in [0.29, 0.717) is 17.9 Å². The second-order valence-corrected chi connectivity index (χ2v) is 9.45. The van der Waals surface area contributed by atoms with Gasteiger partial charge in [0.05, 0.1) is 18.2 Å². The highest BCUT2D eigenvalue weighted by Gasteiger charge is 2.36. The van der Waals surface area contributed by atoms with Crippen LogP contribution in [0, 0.1) is 0 Å². The fourth-order valence-electron chi connectivity index (χ4n) is 4.39. The third kappa shape index (κ3) is 4.51. The Balaban J connectivity index is 1.91. The van der Waals surface area contributed by atoms with Crippen LogP contribution in [0.25, 0.3) is 21.7 Å². The topological polar surface area (TPSA) is 45.6 Å². The summed E-state index contributed by atoms with van der Waals surface area (Å²) < 4.78 is 6.69. The molecule has 5 heteroatoms. The first-order chi connectivity index (χ1) is 15.4. The number of fused-ring (bicyclic) bond motifs is 2. The second kappa shape index (κ2) is 9.57. The molecule has 166 valence electrons. The molecule has 0 fully saturated rings. The maximum Gasteiger partial charge on any atom is 0.220 e. The molecule has 0 saturated heterocycles. The van der Waals surface area contributed by atoms with Crippen LogP contribution in [0.4, 0.5) is 0 Å². The van der Waals surface area contributed by atoms with E-state index in [2.05, 4.69) is 53.1 Å². The van der Waals surface area contributed by atoms with Gasteiger partial charge in [-0.2, -0.15) is 0 Å². The monoisotopic (exact) mass is 492 g/mol. The average Bonchev–Trinajstić information content (AvgIpc) is 2.80. The Hall–Kier alpha value is -2.47. The molecule has 1 aromatic heterocycles. The molecule has 1 unspecified atom stereocenters. The lowest BCUT2D eigenvalue weighted by Crippen LogP contribution is -2.29. The van der Waals surface area contributed by atoms with Crippen molar-refractivity contribution in [2.24, 2.45) is 0 Å². The maximum atomic E-state index is 12.4. The fourth-order valence-corrected chi connectivity index (χ4v) is 4.77. The molecule has 0 bridgehead atoms. The van der Waals surface area contributed by atoms with E-state index in [0.717, 1.165) is 51.1 Å². The summed E-state index contributed by atoms with van der Waals surface area (Å²) in [5, 5.41) is 15.5. The Kier molecular flexibility index (Phi) is 6.79. The SMILES string of the molecule is COc1nc2ccc(Br)cc2cc1C(O)(CCCCN(C)C)c1cccc2ccccc12. The van der Waals surface area contributed by atoms with Crippen LogP contribution in [0.1, 0.15) is 30.4 Å². The normalized spacial score (nSPS) is 13.6. The van der Waals surface area contributed by atoms with Crippen LogP contribution in [-0.4, -0.2) is 42.7 Å². The number of hydrogen-bond acceptors (Lipinski definition) is 4. The Morgan fingerprint density at radius 3 is 2.50 bits per heavy atom. The van der Waals surface area contributed by atoms with Crippen LogP contribution in [0.3, 0.4) is 0 Å². The Labute approximate surface area is 198 Å². The van der Waals surface area contributed by atoms with Gasteiger partial charge in [0.2, 0.25) is 5.88 Å². The number of benzene rings is 3. The van der Waals surface area contributed by atoms with Crippen molar-refractivity contribution in [2.45, 2.75) is 24.9 Å². The third-order valence-electron chi connectivity index (χ3n) is 6.01. The van der Waals surface area contributed by atoms with Crippen LogP contribution in [0.5, 0.6) is 5.88 Å². The summed E-state index contributed by atoms with van der Waals surface area (Å²) >= 11 is 3.56. The van der Waals surface area contributed by atoms with E-state index in [1.807, 2.05) is 48.5 Å². The molecular weight excluding hydrogens is 464 g/mol. The zero-order valence-electron chi connectivity index (χ0n) is 18.8. The van der Waals surface area contributed by atoms with Crippen molar-refractivity contribution in [1.29, 1.82) is 0 Å². The van der Waals surface area contributed by atoms with Gasteiger partial charge in [-0.05, 0) is 80.5 Å². The maximum absolute atomic E-state index is 12.4. The number of ether oxygens (including phenoxy) is 1. The summed E-state index contributed by atoms with van der Waals surface area (Å²) in [6.45, 7) is 0.978. The van der Waals surface area contributed by atoms with Gasteiger partial charge >= 0.3 is 0 Å². The Bertz CT molecular complexity index is 1240. The first kappa shape index (κ1) is 22.7. The zero-order chi connectivity index (χ0) is 22.7. The van der Waals surface area contributed by atoms with Crippen LogP contribution in [-0.2, 0) is 5.60 Å². The molecule has 0 spiro atoms. The first-order valence-corrected chi connectivity index (χ1v) is 11.7. The smallest absolute Gasteiger partial charge is 0.220 e. The van der Waals surface area contributed by atoms with E-state index in [1.165, 1.54) is 0 Å². The summed E-state index contributed by atoms with van der Waals surface area (Å²) in [6, 6.07) is 22.3. The third-order valence-corrected chi connectivity index (χ3v) is 6.50. The van der Waals surface area contributed by atoms with E-state index in [4.69, 9.17) is 9.72 Å². The number of aromatic nitrogens is 1. The minimum Gasteiger partial charge on any atom is -0.481 e. The molecule has 0 aliphatic carbocycles. The van der Waals surface area contributed by atoms with Gasteiger partial charge in [-0.3, -0.25) is 0 Å². The number of unbranched alkanes of at least 4 members (excludes halogenated alkanes) is 1. The fraction of sp³-hybridized carbons (Fsp3) is 0.296. The minimum atomic E-state index is -1.23. The summed E-state index contributed by atoms with van der Waals surface area (Å²) in [6.07, 6.45) is 2.44. The summed E-state index contributed by atoms with van der Waals surface area (Å²) in [7, 11) is 5.77. The van der Waals surface area contributed by atoms with Gasteiger partial charge in [0.25, 0.3) is 0 Å². The van der Waals surface area contributed by atoms with Gasteiger partial charge in [-0.1, -0.05) is 58.4 Å². The van der Waals surface area contributed by atoms with Crippen molar-refractivity contribution < 1.29 is 9.84 Å². The predicted octanol–water partition coefficient (Wildman–Crippen LogP) is 6.13. The molecule has 0 saturated carbocycles. The number of rotatable bonds is 8. The predicted molar refractivity (Wildman–Crippen MR) is 135 cm³/mol. The highest BCUT2D eigenvalue weighted by atomic mass is 79.9. The second-order valence-electron chi connectivity index (χ2n) is 8.53. The standard InChI is InChI=1S/C27H29BrN2O2/c1-30(2)16-7-6-15-27(31,23-12-8-10-19-9-4-5-11-22(19)23)24-18-20-17-21(28)13-14-25(20)29-26(24)32-3/h4-5,8-14,17-18,31H,6-7,15-16H2,1-3H3. The van der Waals surface area contributed by atoms with Crippen LogP contribution in [0.15, 0.2) is 71.2 Å². The van der Waals surface area contributed by atoms with Crippen molar-refractivity contribution in [3.8, 4) is 5.88 Å². The van der Waals surface area contributed by atoms with Gasteiger partial charge in [0.1, 0.15) is 5.60 Å². The first-order valence-electron chi connectivity index (χ1n) is 10.9. The van der Waals surface area contributed by atoms with Crippen molar-refractivity contribution in [3.05, 3.63) is 82.3 Å². The molecule has 0 amide bonds. The van der Waals surface area contributed by atoms with Gasteiger partial charge in [-0.15, -0.1) is 0 Å². The molecule has 1 N–H and O–H groups in total. The largest absolute Gasteiger partial charge is 0.481 e. The highest BCUT2D eigenvalue weighted by molar-refractivity contribution is 9.10. The minimum absolute atomic E-state index is 0.461. The van der Waals surface area contributed by atoms with E-state index < -0.39 is 5.60 Å². The van der Waals surface area contributed by atoms with Crippen molar-refractivity contribution in [1.82, 2.24) is 9.88 Å². The number of aliphatic hydroxyl groups is 1. The average molecular weight is 493 g/mol. The van der Waals surface area contributed by atoms with Crippen LogP contribution >= 0.6 is 15.9 Å². The van der Waals surface area contributed by atoms with Gasteiger partial charge < -0.3 is 14.7 Å². The van der Waals surface area contributed by atoms with Crippen molar-refractivity contribution >= 4 is 37.6 Å². The van der Waals surface area contributed by atoms with Gasteiger partial charge in [0, 0.05) is 9.86 Å². The molecule has 4 rings (SSSR count). The molecule has 0 aliphatic heterocycles. The lowest BCUT2D eigenvalue weighted by Gasteiger charge is -2.32. The Morgan fingerprint density at radius 1 is 0.938 bits per heavy atom. The molecule has 4 nitrogen and oxygen atoms in total. The van der Waals surface area contributed by atoms with Crippen LogP contribution < -0.4 is 4.74 Å². The number of methoxy groups -OCH3 is 1. The van der Waals surface area contributed by atoms with E-state index >= 15 is 0 Å². The summed E-state index contributed by atoms with van der Waals surface area (Å²) in [5.41, 5.74) is 1.19. The van der Waals surface area contributed by atoms with E-state index in [1.54, 1.807) is 7.11 Å². The Morgan fingerprint density at radius 2 is 1.72 bits per heavy atom.